The van der Waals surface area contributed by atoms with E-state index < -0.39 is 0 Å². The average Bonchev–Trinajstić information content (AvgIpc) is 2.79. The minimum atomic E-state index is -0.286. The Kier molecular flexibility index (Phi) is 6.18. The molecule has 7 heteroatoms. The minimum Gasteiger partial charge on any atom is -0.353 e. The van der Waals surface area contributed by atoms with Crippen LogP contribution in [0.5, 0.6) is 0 Å². The Morgan fingerprint density at radius 3 is 2.35 bits per heavy atom. The van der Waals surface area contributed by atoms with Gasteiger partial charge in [0, 0.05) is 61.8 Å². The number of piperazine rings is 1. The maximum Gasteiger partial charge on any atom is 0.225 e. The molecular formula is C24H24ClFN4O. The molecule has 0 bridgehead atoms. The van der Waals surface area contributed by atoms with Crippen molar-refractivity contribution in [1.29, 1.82) is 0 Å². The first-order valence-electron chi connectivity index (χ1n) is 10.3. The van der Waals surface area contributed by atoms with Gasteiger partial charge in [0.2, 0.25) is 5.91 Å². The number of rotatable bonds is 4. The molecule has 31 heavy (non-hydrogen) atoms. The first kappa shape index (κ1) is 21.2. The fourth-order valence-corrected chi connectivity index (χ4v) is 4.04. The summed E-state index contributed by atoms with van der Waals surface area (Å²) in [5, 5.41) is 0.537. The van der Waals surface area contributed by atoms with Crippen LogP contribution in [-0.4, -0.2) is 47.0 Å². The van der Waals surface area contributed by atoms with Crippen molar-refractivity contribution in [3.05, 3.63) is 65.8 Å². The summed E-state index contributed by atoms with van der Waals surface area (Å²) in [7, 11) is 0. The SMILES string of the molecule is CC(C)C(=O)N1CCN(c2cc(-c3ccncc3Cl)c(-c3ccc(F)cc3)cn2)CC1. The van der Waals surface area contributed by atoms with Crippen molar-refractivity contribution in [2.24, 2.45) is 5.92 Å². The zero-order chi connectivity index (χ0) is 22.0. The molecule has 3 heterocycles. The molecule has 0 unspecified atom stereocenters. The molecule has 3 aromatic rings. The van der Waals surface area contributed by atoms with E-state index in [0.717, 1.165) is 28.1 Å². The normalized spacial score (nSPS) is 14.2. The fraction of sp³-hybridized carbons (Fsp3) is 0.292. The Balaban J connectivity index is 1.69. The van der Waals surface area contributed by atoms with Crippen molar-refractivity contribution in [2.75, 3.05) is 31.1 Å². The minimum absolute atomic E-state index is 0.0000947. The summed E-state index contributed by atoms with van der Waals surface area (Å²) >= 11 is 6.46. The molecule has 1 aromatic carbocycles. The zero-order valence-corrected chi connectivity index (χ0v) is 18.3. The van der Waals surface area contributed by atoms with Crippen LogP contribution < -0.4 is 4.90 Å². The molecule has 0 atom stereocenters. The molecule has 5 nitrogen and oxygen atoms in total. The standard InChI is InChI=1S/C24H24ClFN4O/c1-16(2)24(31)30-11-9-29(10-12-30)23-13-20(19-7-8-27-15-22(19)25)21(14-28-23)17-3-5-18(26)6-4-17/h3-8,13-16H,9-12H2,1-2H3. The number of hydrogen-bond donors (Lipinski definition) is 0. The molecule has 0 saturated carbocycles. The second-order valence-corrected chi connectivity index (χ2v) is 8.32. The molecule has 0 radical (unpaired) electrons. The van der Waals surface area contributed by atoms with Gasteiger partial charge in [0.15, 0.2) is 0 Å². The van der Waals surface area contributed by atoms with Crippen molar-refractivity contribution < 1.29 is 9.18 Å². The van der Waals surface area contributed by atoms with E-state index in [1.165, 1.54) is 12.1 Å². The van der Waals surface area contributed by atoms with Crippen LogP contribution in [0.25, 0.3) is 22.3 Å². The van der Waals surface area contributed by atoms with Crippen molar-refractivity contribution in [3.63, 3.8) is 0 Å². The monoisotopic (exact) mass is 438 g/mol. The quantitative estimate of drug-likeness (QED) is 0.580. The second-order valence-electron chi connectivity index (χ2n) is 7.92. The Bertz CT molecular complexity index is 1080. The molecule has 0 aliphatic carbocycles. The van der Waals surface area contributed by atoms with Gasteiger partial charge in [-0.05, 0) is 35.4 Å². The van der Waals surface area contributed by atoms with Gasteiger partial charge in [-0.1, -0.05) is 37.6 Å². The van der Waals surface area contributed by atoms with Crippen LogP contribution in [0.2, 0.25) is 5.02 Å². The largest absolute Gasteiger partial charge is 0.353 e. The highest BCUT2D eigenvalue weighted by atomic mass is 35.5. The van der Waals surface area contributed by atoms with Crippen molar-refractivity contribution in [1.82, 2.24) is 14.9 Å². The Morgan fingerprint density at radius 2 is 1.71 bits per heavy atom. The second kappa shape index (κ2) is 9.02. The van der Waals surface area contributed by atoms with Gasteiger partial charge in [0.25, 0.3) is 0 Å². The predicted octanol–water partition coefficient (Wildman–Crippen LogP) is 4.91. The van der Waals surface area contributed by atoms with Crippen molar-refractivity contribution >= 4 is 23.3 Å². The smallest absolute Gasteiger partial charge is 0.225 e. The van der Waals surface area contributed by atoms with Crippen LogP contribution in [0.3, 0.4) is 0 Å². The molecule has 2 aromatic heterocycles. The summed E-state index contributed by atoms with van der Waals surface area (Å²) in [6.07, 6.45) is 5.12. The number of carbonyl (C=O) groups excluding carboxylic acids is 1. The van der Waals surface area contributed by atoms with Gasteiger partial charge in [0.1, 0.15) is 11.6 Å². The number of pyridine rings is 2. The molecular weight excluding hydrogens is 415 g/mol. The predicted molar refractivity (Wildman–Crippen MR) is 122 cm³/mol. The van der Waals surface area contributed by atoms with E-state index in [9.17, 15) is 9.18 Å². The lowest BCUT2D eigenvalue weighted by Crippen LogP contribution is -2.50. The maximum absolute atomic E-state index is 13.5. The third-order valence-corrected chi connectivity index (χ3v) is 5.82. The van der Waals surface area contributed by atoms with Crippen LogP contribution in [0, 0.1) is 11.7 Å². The Hall–Kier alpha value is -2.99. The van der Waals surface area contributed by atoms with Crippen molar-refractivity contribution in [2.45, 2.75) is 13.8 Å². The molecule has 0 N–H and O–H groups in total. The Morgan fingerprint density at radius 1 is 1.00 bits per heavy atom. The van der Waals surface area contributed by atoms with Crippen LogP contribution >= 0.6 is 11.6 Å². The highest BCUT2D eigenvalue weighted by molar-refractivity contribution is 6.33. The molecule has 1 aliphatic rings. The number of hydrogen-bond acceptors (Lipinski definition) is 4. The highest BCUT2D eigenvalue weighted by Crippen LogP contribution is 2.37. The lowest BCUT2D eigenvalue weighted by atomic mass is 9.96. The van der Waals surface area contributed by atoms with Crippen LogP contribution in [0.4, 0.5) is 10.2 Å². The molecule has 1 saturated heterocycles. The lowest BCUT2D eigenvalue weighted by molar-refractivity contribution is -0.134. The van der Waals surface area contributed by atoms with E-state index in [1.54, 1.807) is 30.7 Å². The van der Waals surface area contributed by atoms with Crippen LogP contribution in [0.15, 0.2) is 55.0 Å². The van der Waals surface area contributed by atoms with Crippen LogP contribution in [0.1, 0.15) is 13.8 Å². The summed E-state index contributed by atoms with van der Waals surface area (Å²) in [5.41, 5.74) is 3.47. The van der Waals surface area contributed by atoms with Gasteiger partial charge < -0.3 is 9.80 Å². The summed E-state index contributed by atoms with van der Waals surface area (Å²) in [6, 6.07) is 10.2. The molecule has 1 amide bonds. The summed E-state index contributed by atoms with van der Waals surface area (Å²) in [4.78, 5) is 25.2. The average molecular weight is 439 g/mol. The van der Waals surface area contributed by atoms with Gasteiger partial charge >= 0.3 is 0 Å². The fourth-order valence-electron chi connectivity index (χ4n) is 3.81. The molecule has 1 fully saturated rings. The number of carbonyl (C=O) groups is 1. The highest BCUT2D eigenvalue weighted by Gasteiger charge is 2.24. The van der Waals surface area contributed by atoms with E-state index in [-0.39, 0.29) is 17.6 Å². The van der Waals surface area contributed by atoms with Gasteiger partial charge in [-0.15, -0.1) is 0 Å². The summed E-state index contributed by atoms with van der Waals surface area (Å²) in [5.74, 6) is 0.722. The summed E-state index contributed by atoms with van der Waals surface area (Å²) in [6.45, 7) is 6.62. The third kappa shape index (κ3) is 4.54. The zero-order valence-electron chi connectivity index (χ0n) is 17.6. The third-order valence-electron chi connectivity index (χ3n) is 5.52. The first-order chi connectivity index (χ1) is 14.9. The number of benzene rings is 1. The number of anilines is 1. The molecule has 0 spiro atoms. The lowest BCUT2D eigenvalue weighted by Gasteiger charge is -2.36. The molecule has 4 rings (SSSR count). The molecule has 1 aliphatic heterocycles. The van der Waals surface area contributed by atoms with E-state index in [2.05, 4.69) is 9.88 Å². The Labute approximate surface area is 186 Å². The van der Waals surface area contributed by atoms with Crippen LogP contribution in [-0.2, 0) is 4.79 Å². The van der Waals surface area contributed by atoms with Gasteiger partial charge in [0.05, 0.1) is 5.02 Å². The van der Waals surface area contributed by atoms with E-state index >= 15 is 0 Å². The number of halogens is 2. The first-order valence-corrected chi connectivity index (χ1v) is 10.7. The number of nitrogens with zero attached hydrogens (tertiary/aromatic N) is 4. The number of amides is 1. The van der Waals surface area contributed by atoms with Gasteiger partial charge in [-0.3, -0.25) is 9.78 Å². The van der Waals surface area contributed by atoms with E-state index in [1.807, 2.05) is 30.9 Å². The van der Waals surface area contributed by atoms with Crippen molar-refractivity contribution in [3.8, 4) is 22.3 Å². The summed E-state index contributed by atoms with van der Waals surface area (Å²) < 4.78 is 13.5. The van der Waals surface area contributed by atoms with E-state index in [0.29, 0.717) is 31.2 Å². The topological polar surface area (TPSA) is 49.3 Å². The van der Waals surface area contributed by atoms with Gasteiger partial charge in [-0.2, -0.15) is 0 Å². The maximum atomic E-state index is 13.5. The van der Waals surface area contributed by atoms with E-state index in [4.69, 9.17) is 16.6 Å². The molecule has 160 valence electrons. The number of aromatic nitrogens is 2. The van der Waals surface area contributed by atoms with Gasteiger partial charge in [-0.25, -0.2) is 9.37 Å².